The largest absolute Gasteiger partial charge is 0.379 e. The summed E-state index contributed by atoms with van der Waals surface area (Å²) in [5, 5.41) is 4.66. The predicted octanol–water partition coefficient (Wildman–Crippen LogP) is 3.23. The van der Waals surface area contributed by atoms with Gasteiger partial charge >= 0.3 is 0 Å². The highest BCUT2D eigenvalue weighted by molar-refractivity contribution is 7.11. The third-order valence-corrected chi connectivity index (χ3v) is 3.81. The molecule has 0 fully saturated rings. The molecule has 4 heteroatoms. The SMILES string of the molecule is Cc1nc(C)c(C(C)NCCCOC(C)C)s1. The molecule has 98 valence electrons. The van der Waals surface area contributed by atoms with Gasteiger partial charge in [-0.1, -0.05) is 0 Å². The van der Waals surface area contributed by atoms with E-state index in [2.05, 4.69) is 44.9 Å². The van der Waals surface area contributed by atoms with Gasteiger partial charge in [0.05, 0.1) is 16.8 Å². The Morgan fingerprint density at radius 3 is 2.53 bits per heavy atom. The molecule has 1 rings (SSSR count). The van der Waals surface area contributed by atoms with Gasteiger partial charge in [-0.15, -0.1) is 11.3 Å². The van der Waals surface area contributed by atoms with Crippen molar-refractivity contribution in [3.05, 3.63) is 15.6 Å². The average Bonchev–Trinajstić information content (AvgIpc) is 2.56. The fourth-order valence-corrected chi connectivity index (χ4v) is 2.71. The summed E-state index contributed by atoms with van der Waals surface area (Å²) in [5.74, 6) is 0. The van der Waals surface area contributed by atoms with E-state index in [1.165, 1.54) is 4.88 Å². The molecule has 1 N–H and O–H groups in total. The lowest BCUT2D eigenvalue weighted by Gasteiger charge is -2.13. The summed E-state index contributed by atoms with van der Waals surface area (Å²) < 4.78 is 5.51. The van der Waals surface area contributed by atoms with Crippen molar-refractivity contribution in [1.82, 2.24) is 10.3 Å². The maximum Gasteiger partial charge on any atom is 0.0900 e. The van der Waals surface area contributed by atoms with E-state index in [1.54, 1.807) is 11.3 Å². The van der Waals surface area contributed by atoms with Crippen LogP contribution in [-0.4, -0.2) is 24.2 Å². The van der Waals surface area contributed by atoms with Crippen LogP contribution in [-0.2, 0) is 4.74 Å². The van der Waals surface area contributed by atoms with Crippen LogP contribution in [0.1, 0.15) is 48.8 Å². The van der Waals surface area contributed by atoms with E-state index in [1.807, 2.05) is 0 Å². The zero-order valence-corrected chi connectivity index (χ0v) is 12.4. The minimum atomic E-state index is 0.332. The Labute approximate surface area is 109 Å². The number of nitrogens with zero attached hydrogens (tertiary/aromatic N) is 1. The predicted molar refractivity (Wildman–Crippen MR) is 73.7 cm³/mol. The molecule has 1 aromatic rings. The normalized spacial score (nSPS) is 13.3. The molecule has 1 aromatic heterocycles. The molecule has 17 heavy (non-hydrogen) atoms. The molecule has 0 bridgehead atoms. The average molecular weight is 256 g/mol. The van der Waals surface area contributed by atoms with Crippen LogP contribution < -0.4 is 5.32 Å². The van der Waals surface area contributed by atoms with Gasteiger partial charge in [-0.05, 0) is 47.6 Å². The lowest BCUT2D eigenvalue weighted by atomic mass is 10.2. The topological polar surface area (TPSA) is 34.2 Å². The van der Waals surface area contributed by atoms with Crippen LogP contribution in [0, 0.1) is 13.8 Å². The van der Waals surface area contributed by atoms with Crippen LogP contribution in [0.2, 0.25) is 0 Å². The molecule has 0 aliphatic heterocycles. The zero-order valence-electron chi connectivity index (χ0n) is 11.5. The zero-order chi connectivity index (χ0) is 12.8. The minimum absolute atomic E-state index is 0.332. The van der Waals surface area contributed by atoms with Gasteiger partial charge < -0.3 is 10.1 Å². The van der Waals surface area contributed by atoms with Crippen molar-refractivity contribution in [3.8, 4) is 0 Å². The second-order valence-corrected chi connectivity index (χ2v) is 5.87. The van der Waals surface area contributed by atoms with Crippen molar-refractivity contribution in [3.63, 3.8) is 0 Å². The van der Waals surface area contributed by atoms with Crippen molar-refractivity contribution >= 4 is 11.3 Å². The van der Waals surface area contributed by atoms with Crippen LogP contribution in [0.5, 0.6) is 0 Å². The summed E-state index contributed by atoms with van der Waals surface area (Å²) in [7, 11) is 0. The number of aromatic nitrogens is 1. The molecule has 0 amide bonds. The monoisotopic (exact) mass is 256 g/mol. The van der Waals surface area contributed by atoms with Crippen molar-refractivity contribution in [2.24, 2.45) is 0 Å². The fraction of sp³-hybridized carbons (Fsp3) is 0.769. The molecule has 3 nitrogen and oxygen atoms in total. The van der Waals surface area contributed by atoms with Gasteiger partial charge in [0.15, 0.2) is 0 Å². The van der Waals surface area contributed by atoms with Crippen LogP contribution >= 0.6 is 11.3 Å². The Morgan fingerprint density at radius 2 is 2.00 bits per heavy atom. The Morgan fingerprint density at radius 1 is 1.29 bits per heavy atom. The first kappa shape index (κ1) is 14.6. The molecule has 1 unspecified atom stereocenters. The van der Waals surface area contributed by atoms with Gasteiger partial charge in [-0.2, -0.15) is 0 Å². The second kappa shape index (κ2) is 7.09. The molecule has 0 radical (unpaired) electrons. The summed E-state index contributed by atoms with van der Waals surface area (Å²) in [6.45, 7) is 12.3. The van der Waals surface area contributed by atoms with E-state index in [9.17, 15) is 0 Å². The van der Waals surface area contributed by atoms with E-state index in [0.29, 0.717) is 12.1 Å². The third-order valence-electron chi connectivity index (χ3n) is 2.56. The molecule has 0 saturated carbocycles. The van der Waals surface area contributed by atoms with Crippen LogP contribution in [0.15, 0.2) is 0 Å². The maximum absolute atomic E-state index is 5.51. The molecule has 0 aromatic carbocycles. The summed E-state index contributed by atoms with van der Waals surface area (Å²) in [6, 6.07) is 0.389. The minimum Gasteiger partial charge on any atom is -0.379 e. The summed E-state index contributed by atoms with van der Waals surface area (Å²) in [5.41, 5.74) is 1.16. The summed E-state index contributed by atoms with van der Waals surface area (Å²) in [4.78, 5) is 5.81. The smallest absolute Gasteiger partial charge is 0.0900 e. The van der Waals surface area contributed by atoms with Crippen molar-refractivity contribution < 1.29 is 4.74 Å². The number of ether oxygens (including phenoxy) is 1. The molecular weight excluding hydrogens is 232 g/mol. The number of hydrogen-bond donors (Lipinski definition) is 1. The van der Waals surface area contributed by atoms with E-state index in [4.69, 9.17) is 4.74 Å². The number of aryl methyl sites for hydroxylation is 2. The van der Waals surface area contributed by atoms with Gasteiger partial charge in [0.25, 0.3) is 0 Å². The molecule has 1 atom stereocenters. The molecule has 1 heterocycles. The molecule has 0 aliphatic carbocycles. The Bertz CT molecular complexity index is 336. The standard InChI is InChI=1S/C13H24N2OS/c1-9(2)16-8-6-7-14-10(3)13-11(4)15-12(5)17-13/h9-10,14H,6-8H2,1-5H3. The van der Waals surface area contributed by atoms with Gasteiger partial charge in [0.2, 0.25) is 0 Å². The second-order valence-electron chi connectivity index (χ2n) is 4.63. The van der Waals surface area contributed by atoms with E-state index in [0.717, 1.165) is 30.3 Å². The fourth-order valence-electron chi connectivity index (χ4n) is 1.75. The van der Waals surface area contributed by atoms with E-state index in [-0.39, 0.29) is 0 Å². The molecule has 0 aliphatic rings. The lowest BCUT2D eigenvalue weighted by molar-refractivity contribution is 0.0768. The van der Waals surface area contributed by atoms with E-state index < -0.39 is 0 Å². The molecule has 0 saturated heterocycles. The first-order valence-electron chi connectivity index (χ1n) is 6.29. The highest BCUT2D eigenvalue weighted by Gasteiger charge is 2.11. The van der Waals surface area contributed by atoms with Crippen molar-refractivity contribution in [2.45, 2.75) is 53.2 Å². The highest BCUT2D eigenvalue weighted by Crippen LogP contribution is 2.24. The van der Waals surface area contributed by atoms with Crippen molar-refractivity contribution in [1.29, 1.82) is 0 Å². The summed E-state index contributed by atoms with van der Waals surface area (Å²) in [6.07, 6.45) is 1.39. The molecular formula is C13H24N2OS. The maximum atomic E-state index is 5.51. The first-order valence-corrected chi connectivity index (χ1v) is 7.11. The van der Waals surface area contributed by atoms with Crippen molar-refractivity contribution in [2.75, 3.05) is 13.2 Å². The Hall–Kier alpha value is -0.450. The van der Waals surface area contributed by atoms with Crippen LogP contribution in [0.4, 0.5) is 0 Å². The third kappa shape index (κ3) is 5.15. The quantitative estimate of drug-likeness (QED) is 0.761. The number of hydrogen-bond acceptors (Lipinski definition) is 4. The molecule has 0 spiro atoms. The first-order chi connectivity index (χ1) is 8.00. The summed E-state index contributed by atoms with van der Waals surface area (Å²) >= 11 is 1.79. The van der Waals surface area contributed by atoms with Gasteiger partial charge in [0, 0.05) is 17.5 Å². The number of nitrogens with one attached hydrogen (secondary N) is 1. The highest BCUT2D eigenvalue weighted by atomic mass is 32.1. The lowest BCUT2D eigenvalue weighted by Crippen LogP contribution is -2.21. The van der Waals surface area contributed by atoms with Gasteiger partial charge in [-0.25, -0.2) is 4.98 Å². The Balaban J connectivity index is 2.25. The van der Waals surface area contributed by atoms with E-state index >= 15 is 0 Å². The Kier molecular flexibility index (Phi) is 6.09. The van der Waals surface area contributed by atoms with Crippen LogP contribution in [0.3, 0.4) is 0 Å². The van der Waals surface area contributed by atoms with Gasteiger partial charge in [0.1, 0.15) is 0 Å². The van der Waals surface area contributed by atoms with Crippen LogP contribution in [0.25, 0.3) is 0 Å². The number of thiazole rings is 1. The number of rotatable bonds is 7. The van der Waals surface area contributed by atoms with Gasteiger partial charge in [-0.3, -0.25) is 0 Å².